The van der Waals surface area contributed by atoms with E-state index in [1.54, 1.807) is 4.90 Å². The standard InChI is InChI=1S/C19H21N3O2S/c1-4-21(5-2)15(23)11-22-12-20-18-17(19(22)24)16(13(3)25-18)14-9-7-6-8-10-14/h6-10,12H,4-5,11H2,1-3H3. The quantitative estimate of drug-likeness (QED) is 0.706. The SMILES string of the molecule is CCN(CC)C(=O)Cn1cnc2sc(C)c(-c3ccccc3)c2c1=O. The molecule has 2 aromatic heterocycles. The molecule has 0 unspecified atom stereocenters. The Morgan fingerprint density at radius 2 is 1.88 bits per heavy atom. The first-order valence-corrected chi connectivity index (χ1v) is 9.20. The van der Waals surface area contributed by atoms with E-state index in [2.05, 4.69) is 4.98 Å². The second kappa shape index (κ2) is 7.19. The summed E-state index contributed by atoms with van der Waals surface area (Å²) in [4.78, 5) is 33.3. The van der Waals surface area contributed by atoms with E-state index in [0.717, 1.165) is 16.0 Å². The highest BCUT2D eigenvalue weighted by Crippen LogP contribution is 2.35. The number of likely N-dealkylation sites (N-methyl/N-ethyl adjacent to an activating group) is 1. The van der Waals surface area contributed by atoms with E-state index in [1.807, 2.05) is 51.1 Å². The van der Waals surface area contributed by atoms with Crippen molar-refractivity contribution in [3.8, 4) is 11.1 Å². The largest absolute Gasteiger partial charge is 0.342 e. The molecule has 5 nitrogen and oxygen atoms in total. The van der Waals surface area contributed by atoms with Crippen molar-refractivity contribution < 1.29 is 4.79 Å². The Kier molecular flexibility index (Phi) is 4.99. The predicted octanol–water partition coefficient (Wildman–Crippen LogP) is 3.30. The number of fused-ring (bicyclic) bond motifs is 1. The number of hydrogen-bond acceptors (Lipinski definition) is 4. The highest BCUT2D eigenvalue weighted by Gasteiger charge is 2.18. The number of aryl methyl sites for hydroxylation is 1. The van der Waals surface area contributed by atoms with Crippen molar-refractivity contribution in [3.05, 3.63) is 51.9 Å². The summed E-state index contributed by atoms with van der Waals surface area (Å²) in [5, 5.41) is 0.601. The summed E-state index contributed by atoms with van der Waals surface area (Å²) in [6, 6.07) is 9.85. The molecule has 6 heteroatoms. The number of carbonyl (C=O) groups is 1. The lowest BCUT2D eigenvalue weighted by atomic mass is 10.0. The van der Waals surface area contributed by atoms with Gasteiger partial charge in [0.15, 0.2) is 0 Å². The number of amides is 1. The number of thiophene rings is 1. The van der Waals surface area contributed by atoms with E-state index in [4.69, 9.17) is 0 Å². The van der Waals surface area contributed by atoms with Crippen molar-refractivity contribution in [2.45, 2.75) is 27.3 Å². The summed E-state index contributed by atoms with van der Waals surface area (Å²) in [6.07, 6.45) is 1.48. The molecule has 25 heavy (non-hydrogen) atoms. The van der Waals surface area contributed by atoms with E-state index in [1.165, 1.54) is 22.2 Å². The van der Waals surface area contributed by atoms with E-state index >= 15 is 0 Å². The first-order chi connectivity index (χ1) is 12.1. The van der Waals surface area contributed by atoms with Gasteiger partial charge in [0.25, 0.3) is 5.56 Å². The Morgan fingerprint density at radius 3 is 2.52 bits per heavy atom. The van der Waals surface area contributed by atoms with Crippen LogP contribution in [0.4, 0.5) is 0 Å². The van der Waals surface area contributed by atoms with E-state index in [-0.39, 0.29) is 18.0 Å². The number of hydrogen-bond donors (Lipinski definition) is 0. The van der Waals surface area contributed by atoms with Crippen LogP contribution in [0.15, 0.2) is 41.5 Å². The summed E-state index contributed by atoms with van der Waals surface area (Å²) >= 11 is 1.51. The Labute approximate surface area is 150 Å². The van der Waals surface area contributed by atoms with Gasteiger partial charge in [0.1, 0.15) is 11.4 Å². The molecule has 0 atom stereocenters. The van der Waals surface area contributed by atoms with Gasteiger partial charge >= 0.3 is 0 Å². The van der Waals surface area contributed by atoms with Gasteiger partial charge in [0, 0.05) is 23.5 Å². The van der Waals surface area contributed by atoms with Crippen LogP contribution in [0.2, 0.25) is 0 Å². The lowest BCUT2D eigenvalue weighted by Gasteiger charge is -2.18. The molecule has 0 fully saturated rings. The molecule has 0 saturated heterocycles. The van der Waals surface area contributed by atoms with Gasteiger partial charge in [-0.05, 0) is 26.3 Å². The second-order valence-electron chi connectivity index (χ2n) is 5.82. The number of benzene rings is 1. The molecule has 3 aromatic rings. The molecule has 0 aliphatic heterocycles. The Bertz CT molecular complexity index is 956. The van der Waals surface area contributed by atoms with Crippen molar-refractivity contribution in [1.82, 2.24) is 14.5 Å². The fourth-order valence-electron chi connectivity index (χ4n) is 3.02. The Morgan fingerprint density at radius 1 is 1.20 bits per heavy atom. The third-order valence-electron chi connectivity index (χ3n) is 4.34. The molecular formula is C19H21N3O2S. The van der Waals surface area contributed by atoms with Gasteiger partial charge in [-0.25, -0.2) is 4.98 Å². The number of rotatable bonds is 5. The summed E-state index contributed by atoms with van der Waals surface area (Å²) in [6.45, 7) is 7.15. The molecule has 0 spiro atoms. The zero-order valence-electron chi connectivity index (χ0n) is 14.7. The first kappa shape index (κ1) is 17.4. The smallest absolute Gasteiger partial charge is 0.263 e. The maximum Gasteiger partial charge on any atom is 0.263 e. The molecule has 1 aromatic carbocycles. The molecule has 0 N–H and O–H groups in total. The average Bonchev–Trinajstić information content (AvgIpc) is 2.96. The van der Waals surface area contributed by atoms with Crippen LogP contribution >= 0.6 is 11.3 Å². The van der Waals surface area contributed by atoms with Crippen LogP contribution in [-0.2, 0) is 11.3 Å². The summed E-state index contributed by atoms with van der Waals surface area (Å²) in [5.74, 6) is -0.0681. The van der Waals surface area contributed by atoms with Gasteiger partial charge in [-0.1, -0.05) is 30.3 Å². The van der Waals surface area contributed by atoms with Gasteiger partial charge in [-0.2, -0.15) is 0 Å². The van der Waals surface area contributed by atoms with Crippen LogP contribution in [0.3, 0.4) is 0 Å². The molecule has 3 rings (SSSR count). The number of aromatic nitrogens is 2. The zero-order chi connectivity index (χ0) is 18.0. The molecular weight excluding hydrogens is 334 g/mol. The van der Waals surface area contributed by atoms with E-state index < -0.39 is 0 Å². The van der Waals surface area contributed by atoms with Crippen molar-refractivity contribution in [1.29, 1.82) is 0 Å². The zero-order valence-corrected chi connectivity index (χ0v) is 15.5. The minimum Gasteiger partial charge on any atom is -0.342 e. The predicted molar refractivity (Wildman–Crippen MR) is 102 cm³/mol. The lowest BCUT2D eigenvalue weighted by Crippen LogP contribution is -2.36. The lowest BCUT2D eigenvalue weighted by molar-refractivity contribution is -0.131. The third kappa shape index (κ3) is 3.22. The maximum absolute atomic E-state index is 13.0. The monoisotopic (exact) mass is 355 g/mol. The normalized spacial score (nSPS) is 11.0. The Balaban J connectivity index is 2.11. The second-order valence-corrected chi connectivity index (χ2v) is 7.03. The fraction of sp³-hybridized carbons (Fsp3) is 0.316. The van der Waals surface area contributed by atoms with Crippen LogP contribution in [-0.4, -0.2) is 33.4 Å². The molecule has 0 aliphatic carbocycles. The van der Waals surface area contributed by atoms with Gasteiger partial charge < -0.3 is 4.90 Å². The molecule has 0 aliphatic rings. The Hall–Kier alpha value is -2.47. The number of nitrogens with zero attached hydrogens (tertiary/aromatic N) is 3. The maximum atomic E-state index is 13.0. The van der Waals surface area contributed by atoms with E-state index in [0.29, 0.717) is 23.3 Å². The van der Waals surface area contributed by atoms with Crippen molar-refractivity contribution in [3.63, 3.8) is 0 Å². The van der Waals surface area contributed by atoms with Crippen LogP contribution in [0.5, 0.6) is 0 Å². The van der Waals surface area contributed by atoms with Crippen molar-refractivity contribution in [2.24, 2.45) is 0 Å². The van der Waals surface area contributed by atoms with Crippen LogP contribution in [0.25, 0.3) is 21.3 Å². The van der Waals surface area contributed by atoms with E-state index in [9.17, 15) is 9.59 Å². The number of carbonyl (C=O) groups excluding carboxylic acids is 1. The van der Waals surface area contributed by atoms with Gasteiger partial charge in [-0.15, -0.1) is 11.3 Å². The summed E-state index contributed by atoms with van der Waals surface area (Å²) in [7, 11) is 0. The highest BCUT2D eigenvalue weighted by molar-refractivity contribution is 7.19. The molecule has 130 valence electrons. The van der Waals surface area contributed by atoms with Crippen LogP contribution < -0.4 is 5.56 Å². The molecule has 1 amide bonds. The fourth-order valence-corrected chi connectivity index (χ4v) is 4.03. The topological polar surface area (TPSA) is 55.2 Å². The van der Waals surface area contributed by atoms with Crippen molar-refractivity contribution in [2.75, 3.05) is 13.1 Å². The molecule has 0 saturated carbocycles. The molecule has 0 bridgehead atoms. The van der Waals surface area contributed by atoms with Gasteiger partial charge in [0.2, 0.25) is 5.91 Å². The van der Waals surface area contributed by atoms with Gasteiger partial charge in [-0.3, -0.25) is 14.2 Å². The molecule has 2 heterocycles. The first-order valence-electron chi connectivity index (χ1n) is 8.38. The summed E-state index contributed by atoms with van der Waals surface area (Å²) < 4.78 is 1.42. The van der Waals surface area contributed by atoms with Crippen LogP contribution in [0.1, 0.15) is 18.7 Å². The molecule has 0 radical (unpaired) electrons. The van der Waals surface area contributed by atoms with Gasteiger partial charge in [0.05, 0.1) is 11.7 Å². The minimum absolute atomic E-state index is 0.0204. The third-order valence-corrected chi connectivity index (χ3v) is 5.35. The van der Waals surface area contributed by atoms with Crippen LogP contribution in [0, 0.1) is 6.92 Å². The average molecular weight is 355 g/mol. The van der Waals surface area contributed by atoms with Crippen molar-refractivity contribution >= 4 is 27.5 Å². The highest BCUT2D eigenvalue weighted by atomic mass is 32.1. The summed E-state index contributed by atoms with van der Waals surface area (Å²) in [5.41, 5.74) is 1.76. The minimum atomic E-state index is -0.159.